The third kappa shape index (κ3) is 1.67. The van der Waals surface area contributed by atoms with E-state index in [0.29, 0.717) is 13.2 Å². The Hall–Kier alpha value is -1.88. The van der Waals surface area contributed by atoms with Crippen LogP contribution in [0.3, 0.4) is 0 Å². The van der Waals surface area contributed by atoms with Gasteiger partial charge in [0.25, 0.3) is 0 Å². The number of aromatic amines is 1. The van der Waals surface area contributed by atoms with Crippen molar-refractivity contribution in [3.63, 3.8) is 0 Å². The summed E-state index contributed by atoms with van der Waals surface area (Å²) in [6.45, 7) is 3.05. The SMILES string of the molecule is CCC1(C(=O)Nc2ccc3nc[nH]c3c2)COC1. The van der Waals surface area contributed by atoms with Crippen molar-refractivity contribution in [1.82, 2.24) is 9.97 Å². The van der Waals surface area contributed by atoms with E-state index in [4.69, 9.17) is 4.74 Å². The highest BCUT2D eigenvalue weighted by molar-refractivity contribution is 5.97. The van der Waals surface area contributed by atoms with Crippen LogP contribution in [0.25, 0.3) is 11.0 Å². The molecular formula is C13H15N3O2. The number of aromatic nitrogens is 2. The summed E-state index contributed by atoms with van der Waals surface area (Å²) < 4.78 is 5.17. The summed E-state index contributed by atoms with van der Waals surface area (Å²) in [6, 6.07) is 5.64. The van der Waals surface area contributed by atoms with E-state index in [2.05, 4.69) is 15.3 Å². The molecule has 3 rings (SSSR count). The van der Waals surface area contributed by atoms with E-state index in [1.54, 1.807) is 6.33 Å². The fraction of sp³-hybridized carbons (Fsp3) is 0.385. The Morgan fingerprint density at radius 3 is 3.06 bits per heavy atom. The van der Waals surface area contributed by atoms with E-state index in [1.165, 1.54) is 0 Å². The van der Waals surface area contributed by atoms with E-state index in [-0.39, 0.29) is 11.3 Å². The second-order valence-electron chi connectivity index (χ2n) is 4.72. The number of carbonyl (C=O) groups is 1. The molecule has 0 aliphatic carbocycles. The van der Waals surface area contributed by atoms with Crippen molar-refractivity contribution < 1.29 is 9.53 Å². The number of amides is 1. The molecule has 94 valence electrons. The molecule has 1 amide bonds. The molecule has 0 radical (unpaired) electrons. The lowest BCUT2D eigenvalue weighted by Crippen LogP contribution is -2.51. The smallest absolute Gasteiger partial charge is 0.235 e. The lowest BCUT2D eigenvalue weighted by molar-refractivity contribution is -0.156. The number of imidazole rings is 1. The maximum atomic E-state index is 12.2. The number of benzene rings is 1. The minimum atomic E-state index is -0.344. The van der Waals surface area contributed by atoms with Gasteiger partial charge in [-0.15, -0.1) is 0 Å². The Balaban J connectivity index is 1.81. The third-order valence-corrected chi connectivity index (χ3v) is 3.59. The first-order chi connectivity index (χ1) is 8.73. The predicted octanol–water partition coefficient (Wildman–Crippen LogP) is 1.93. The second-order valence-corrected chi connectivity index (χ2v) is 4.72. The van der Waals surface area contributed by atoms with Crippen molar-refractivity contribution in [2.75, 3.05) is 18.5 Å². The van der Waals surface area contributed by atoms with Gasteiger partial charge in [0.05, 0.1) is 36.0 Å². The molecule has 1 aromatic carbocycles. The van der Waals surface area contributed by atoms with Gasteiger partial charge in [0, 0.05) is 5.69 Å². The molecule has 2 aromatic rings. The largest absolute Gasteiger partial charge is 0.379 e. The molecule has 1 aliphatic rings. The van der Waals surface area contributed by atoms with Crippen LogP contribution in [0, 0.1) is 5.41 Å². The zero-order valence-corrected chi connectivity index (χ0v) is 10.2. The van der Waals surface area contributed by atoms with Crippen molar-refractivity contribution in [1.29, 1.82) is 0 Å². The van der Waals surface area contributed by atoms with Crippen LogP contribution in [0.1, 0.15) is 13.3 Å². The number of anilines is 1. The molecule has 5 heteroatoms. The van der Waals surface area contributed by atoms with E-state index >= 15 is 0 Å². The summed E-state index contributed by atoms with van der Waals surface area (Å²) in [5, 5.41) is 2.95. The Bertz CT molecular complexity index is 581. The number of ether oxygens (including phenoxy) is 1. The number of rotatable bonds is 3. The molecule has 0 bridgehead atoms. The third-order valence-electron chi connectivity index (χ3n) is 3.59. The van der Waals surface area contributed by atoms with Crippen molar-refractivity contribution in [3.05, 3.63) is 24.5 Å². The van der Waals surface area contributed by atoms with Crippen LogP contribution in [0.4, 0.5) is 5.69 Å². The first-order valence-corrected chi connectivity index (χ1v) is 6.06. The molecule has 1 fully saturated rings. The minimum absolute atomic E-state index is 0.0371. The normalized spacial score (nSPS) is 17.4. The first-order valence-electron chi connectivity index (χ1n) is 6.06. The predicted molar refractivity (Wildman–Crippen MR) is 68.3 cm³/mol. The lowest BCUT2D eigenvalue weighted by Gasteiger charge is -2.38. The standard InChI is InChI=1S/C13H15N3O2/c1-2-13(6-18-7-13)12(17)16-9-3-4-10-11(5-9)15-8-14-10/h3-5,8H,2,6-7H2,1H3,(H,14,15)(H,16,17). The van der Waals surface area contributed by atoms with Crippen molar-refractivity contribution in [3.8, 4) is 0 Å². The van der Waals surface area contributed by atoms with Gasteiger partial charge >= 0.3 is 0 Å². The highest BCUT2D eigenvalue weighted by Crippen LogP contribution is 2.32. The fourth-order valence-electron chi connectivity index (χ4n) is 2.12. The van der Waals surface area contributed by atoms with Crippen molar-refractivity contribution in [2.24, 2.45) is 5.41 Å². The quantitative estimate of drug-likeness (QED) is 0.868. The fourth-order valence-corrected chi connectivity index (χ4v) is 2.12. The maximum absolute atomic E-state index is 12.2. The van der Waals surface area contributed by atoms with E-state index in [1.807, 2.05) is 25.1 Å². The Morgan fingerprint density at radius 1 is 1.56 bits per heavy atom. The van der Waals surface area contributed by atoms with Crippen LogP contribution in [0.15, 0.2) is 24.5 Å². The number of hydrogen-bond donors (Lipinski definition) is 2. The van der Waals surface area contributed by atoms with Gasteiger partial charge in [-0.1, -0.05) is 6.92 Å². The molecule has 2 N–H and O–H groups in total. The monoisotopic (exact) mass is 245 g/mol. The van der Waals surface area contributed by atoms with E-state index in [9.17, 15) is 4.79 Å². The van der Waals surface area contributed by atoms with Crippen molar-refractivity contribution in [2.45, 2.75) is 13.3 Å². The van der Waals surface area contributed by atoms with Gasteiger partial charge < -0.3 is 15.0 Å². The van der Waals surface area contributed by atoms with Crippen molar-refractivity contribution >= 4 is 22.6 Å². The maximum Gasteiger partial charge on any atom is 0.235 e. The second kappa shape index (κ2) is 4.10. The summed E-state index contributed by atoms with van der Waals surface area (Å²) in [7, 11) is 0. The number of carbonyl (C=O) groups excluding carboxylic acids is 1. The average Bonchev–Trinajstić information content (AvgIpc) is 2.75. The summed E-state index contributed by atoms with van der Waals surface area (Å²) >= 11 is 0. The molecule has 1 aromatic heterocycles. The van der Waals surface area contributed by atoms with Crippen LogP contribution in [-0.4, -0.2) is 29.1 Å². The zero-order valence-electron chi connectivity index (χ0n) is 10.2. The summed E-state index contributed by atoms with van der Waals surface area (Å²) in [4.78, 5) is 19.4. The Kier molecular flexibility index (Phi) is 2.56. The Labute approximate surface area is 105 Å². The van der Waals surface area contributed by atoms with Crippen LogP contribution in [0.2, 0.25) is 0 Å². The van der Waals surface area contributed by atoms with Crippen LogP contribution in [-0.2, 0) is 9.53 Å². The molecule has 0 saturated carbocycles. The minimum Gasteiger partial charge on any atom is -0.379 e. The van der Waals surface area contributed by atoms with Crippen LogP contribution < -0.4 is 5.32 Å². The van der Waals surface area contributed by atoms with E-state index in [0.717, 1.165) is 23.1 Å². The number of nitrogens with one attached hydrogen (secondary N) is 2. The number of fused-ring (bicyclic) bond motifs is 1. The molecule has 18 heavy (non-hydrogen) atoms. The lowest BCUT2D eigenvalue weighted by atomic mass is 9.82. The van der Waals surface area contributed by atoms with Gasteiger partial charge in [-0.2, -0.15) is 0 Å². The number of hydrogen-bond acceptors (Lipinski definition) is 3. The first kappa shape index (κ1) is 11.2. The highest BCUT2D eigenvalue weighted by Gasteiger charge is 2.44. The van der Waals surface area contributed by atoms with Gasteiger partial charge in [0.2, 0.25) is 5.91 Å². The molecule has 1 saturated heterocycles. The summed E-state index contributed by atoms with van der Waals surface area (Å²) in [5.74, 6) is 0.0371. The summed E-state index contributed by atoms with van der Waals surface area (Å²) in [5.41, 5.74) is 2.26. The van der Waals surface area contributed by atoms with Gasteiger partial charge in [-0.25, -0.2) is 4.98 Å². The number of H-pyrrole nitrogens is 1. The molecule has 1 aliphatic heterocycles. The Morgan fingerprint density at radius 2 is 2.39 bits per heavy atom. The van der Waals surface area contributed by atoms with Gasteiger partial charge in [0.1, 0.15) is 0 Å². The molecule has 2 heterocycles. The number of nitrogens with zero attached hydrogens (tertiary/aromatic N) is 1. The summed E-state index contributed by atoms with van der Waals surface area (Å²) in [6.07, 6.45) is 2.44. The molecule has 0 spiro atoms. The topological polar surface area (TPSA) is 67.0 Å². The van der Waals surface area contributed by atoms with Crippen LogP contribution in [0.5, 0.6) is 0 Å². The van der Waals surface area contributed by atoms with Gasteiger partial charge in [-0.3, -0.25) is 4.79 Å². The highest BCUT2D eigenvalue weighted by atomic mass is 16.5. The van der Waals surface area contributed by atoms with E-state index < -0.39 is 0 Å². The average molecular weight is 245 g/mol. The molecule has 0 atom stereocenters. The molecular weight excluding hydrogens is 230 g/mol. The molecule has 5 nitrogen and oxygen atoms in total. The zero-order chi connectivity index (χ0) is 12.6. The van der Waals surface area contributed by atoms with Gasteiger partial charge in [-0.05, 0) is 24.6 Å². The van der Waals surface area contributed by atoms with Crippen LogP contribution >= 0.6 is 0 Å². The van der Waals surface area contributed by atoms with Gasteiger partial charge in [0.15, 0.2) is 0 Å². The molecule has 0 unspecified atom stereocenters.